The maximum atomic E-state index is 13.6. The number of β-amino-alcohol motifs (C(OH)–C–C–N with tert-alkyl or cyclic N) is 1. The lowest BCUT2D eigenvalue weighted by molar-refractivity contribution is -0.144. The number of likely N-dealkylation sites (N-methyl/N-ethyl adjacent to an activating group) is 1. The standard InChI is InChI=1S/C22H34N6O3/c1-21(2,3)18(20(31)27-13-16(29)10-17(27)19(30)24-4)28-12-15(25-26-28)11-22(14-23)8-6-5-7-9-22/h12,16-18,29H,5-11,13H2,1-4H3,(H,24,30)/t16-,17+,18-/m1/s1. The second kappa shape index (κ2) is 8.95. The largest absolute Gasteiger partial charge is 0.391 e. The van der Waals surface area contributed by atoms with E-state index in [9.17, 15) is 20.0 Å². The van der Waals surface area contributed by atoms with E-state index in [1.807, 2.05) is 20.8 Å². The summed E-state index contributed by atoms with van der Waals surface area (Å²) in [5, 5.41) is 31.0. The highest BCUT2D eigenvalue weighted by atomic mass is 16.3. The van der Waals surface area contributed by atoms with E-state index in [2.05, 4.69) is 21.7 Å². The van der Waals surface area contributed by atoms with E-state index in [1.165, 1.54) is 11.9 Å². The number of rotatable bonds is 5. The number of carbonyl (C=O) groups is 2. The summed E-state index contributed by atoms with van der Waals surface area (Å²) in [5.74, 6) is -0.549. The van der Waals surface area contributed by atoms with Gasteiger partial charge in [-0.2, -0.15) is 5.26 Å². The molecule has 1 aromatic heterocycles. The minimum Gasteiger partial charge on any atom is -0.391 e. The summed E-state index contributed by atoms with van der Waals surface area (Å²) in [4.78, 5) is 27.3. The fraction of sp³-hybridized carbons (Fsp3) is 0.773. The van der Waals surface area contributed by atoms with Crippen LogP contribution in [0.25, 0.3) is 0 Å². The number of nitriles is 1. The number of aliphatic hydroxyl groups is 1. The molecule has 0 aromatic carbocycles. The minimum atomic E-state index is -0.736. The highest BCUT2D eigenvalue weighted by Gasteiger charge is 2.45. The van der Waals surface area contributed by atoms with Crippen molar-refractivity contribution in [3.8, 4) is 6.07 Å². The van der Waals surface area contributed by atoms with Crippen LogP contribution in [0.1, 0.15) is 71.0 Å². The van der Waals surface area contributed by atoms with Crippen LogP contribution in [-0.4, -0.2) is 62.6 Å². The predicted molar refractivity (Wildman–Crippen MR) is 114 cm³/mol. The Morgan fingerprint density at radius 1 is 1.35 bits per heavy atom. The van der Waals surface area contributed by atoms with Gasteiger partial charge in [-0.15, -0.1) is 5.10 Å². The van der Waals surface area contributed by atoms with Crippen molar-refractivity contribution in [3.63, 3.8) is 0 Å². The van der Waals surface area contributed by atoms with Gasteiger partial charge in [-0.3, -0.25) is 9.59 Å². The molecule has 170 valence electrons. The molecular formula is C22H34N6O3. The summed E-state index contributed by atoms with van der Waals surface area (Å²) in [5.41, 5.74) is -0.209. The van der Waals surface area contributed by atoms with Crippen molar-refractivity contribution in [1.82, 2.24) is 25.2 Å². The fourth-order valence-electron chi connectivity index (χ4n) is 4.93. The summed E-state index contributed by atoms with van der Waals surface area (Å²) >= 11 is 0. The van der Waals surface area contributed by atoms with Crippen molar-refractivity contribution in [1.29, 1.82) is 5.26 Å². The van der Waals surface area contributed by atoms with Crippen LogP contribution in [0.15, 0.2) is 6.20 Å². The van der Waals surface area contributed by atoms with E-state index in [0.717, 1.165) is 32.1 Å². The molecule has 2 fully saturated rings. The van der Waals surface area contributed by atoms with Gasteiger partial charge in [-0.05, 0) is 18.3 Å². The van der Waals surface area contributed by atoms with Gasteiger partial charge < -0.3 is 15.3 Å². The van der Waals surface area contributed by atoms with E-state index in [4.69, 9.17) is 0 Å². The third-order valence-electron chi connectivity index (χ3n) is 6.55. The van der Waals surface area contributed by atoms with Crippen molar-refractivity contribution < 1.29 is 14.7 Å². The summed E-state index contributed by atoms with van der Waals surface area (Å²) in [6.07, 6.45) is 6.74. The number of amides is 2. The third kappa shape index (κ3) is 4.90. The molecule has 1 aromatic rings. The van der Waals surface area contributed by atoms with Crippen LogP contribution < -0.4 is 5.32 Å². The molecule has 0 unspecified atom stereocenters. The van der Waals surface area contributed by atoms with E-state index in [-0.39, 0.29) is 24.8 Å². The number of likely N-dealkylation sites (tertiary alicyclic amines) is 1. The molecule has 31 heavy (non-hydrogen) atoms. The molecule has 1 saturated carbocycles. The lowest BCUT2D eigenvalue weighted by atomic mass is 9.72. The molecule has 2 N–H and O–H groups in total. The monoisotopic (exact) mass is 430 g/mol. The molecule has 3 rings (SSSR count). The van der Waals surface area contributed by atoms with Gasteiger partial charge in [-0.25, -0.2) is 4.68 Å². The van der Waals surface area contributed by atoms with Gasteiger partial charge in [0, 0.05) is 32.6 Å². The molecule has 1 saturated heterocycles. The maximum Gasteiger partial charge on any atom is 0.248 e. The first-order valence-electron chi connectivity index (χ1n) is 11.1. The van der Waals surface area contributed by atoms with E-state index in [0.29, 0.717) is 12.1 Å². The van der Waals surface area contributed by atoms with Crippen LogP contribution in [0.4, 0.5) is 0 Å². The molecule has 2 amide bonds. The van der Waals surface area contributed by atoms with Gasteiger partial charge >= 0.3 is 0 Å². The van der Waals surface area contributed by atoms with Crippen LogP contribution in [0.3, 0.4) is 0 Å². The Labute approximate surface area is 183 Å². The summed E-state index contributed by atoms with van der Waals surface area (Å²) in [6, 6.07) is 1.12. The number of aliphatic hydroxyl groups excluding tert-OH is 1. The molecule has 0 radical (unpaired) electrons. The molecule has 0 bridgehead atoms. The second-order valence-electron chi connectivity index (χ2n) is 10.1. The highest BCUT2D eigenvalue weighted by Crippen LogP contribution is 2.39. The average molecular weight is 431 g/mol. The predicted octanol–water partition coefficient (Wildman–Crippen LogP) is 1.59. The lowest BCUT2D eigenvalue weighted by Crippen LogP contribution is -2.49. The molecular weight excluding hydrogens is 396 g/mol. The average Bonchev–Trinajstić information content (AvgIpc) is 3.33. The zero-order chi connectivity index (χ0) is 22.8. The summed E-state index contributed by atoms with van der Waals surface area (Å²) in [6.45, 7) is 5.94. The van der Waals surface area contributed by atoms with Gasteiger partial charge in [0.15, 0.2) is 0 Å². The van der Waals surface area contributed by atoms with Crippen LogP contribution in [0, 0.1) is 22.2 Å². The third-order valence-corrected chi connectivity index (χ3v) is 6.55. The SMILES string of the molecule is CNC(=O)[C@@H]1C[C@@H](O)CN1C(=O)[C@@H](n1cc(CC2(C#N)CCCCC2)nn1)C(C)(C)C. The Bertz CT molecular complexity index is 846. The van der Waals surface area contributed by atoms with Crippen LogP contribution >= 0.6 is 0 Å². The number of carbonyl (C=O) groups excluding carboxylic acids is 2. The maximum absolute atomic E-state index is 13.6. The number of hydrogen-bond donors (Lipinski definition) is 2. The van der Waals surface area contributed by atoms with E-state index < -0.39 is 29.0 Å². The molecule has 0 spiro atoms. The zero-order valence-electron chi connectivity index (χ0n) is 19.0. The number of aromatic nitrogens is 3. The molecule has 9 nitrogen and oxygen atoms in total. The smallest absolute Gasteiger partial charge is 0.248 e. The topological polar surface area (TPSA) is 124 Å². The van der Waals surface area contributed by atoms with Crippen LogP contribution in [0.5, 0.6) is 0 Å². The van der Waals surface area contributed by atoms with Crippen molar-refractivity contribution in [3.05, 3.63) is 11.9 Å². The van der Waals surface area contributed by atoms with Gasteiger partial charge in [0.25, 0.3) is 0 Å². The first-order valence-corrected chi connectivity index (χ1v) is 11.1. The second-order valence-corrected chi connectivity index (χ2v) is 10.1. The van der Waals surface area contributed by atoms with E-state index >= 15 is 0 Å². The van der Waals surface area contributed by atoms with Crippen molar-refractivity contribution in [2.24, 2.45) is 10.8 Å². The number of nitrogens with one attached hydrogen (secondary N) is 1. The van der Waals surface area contributed by atoms with Gasteiger partial charge in [0.05, 0.1) is 23.3 Å². The normalized spacial score (nSPS) is 24.5. The first-order chi connectivity index (χ1) is 14.6. The molecule has 9 heteroatoms. The Kier molecular flexibility index (Phi) is 6.70. The van der Waals surface area contributed by atoms with E-state index in [1.54, 1.807) is 10.9 Å². The minimum absolute atomic E-state index is 0.114. The van der Waals surface area contributed by atoms with Crippen molar-refractivity contribution >= 4 is 11.8 Å². The zero-order valence-corrected chi connectivity index (χ0v) is 19.0. The number of hydrogen-bond acceptors (Lipinski definition) is 6. The van der Waals surface area contributed by atoms with Crippen molar-refractivity contribution in [2.45, 2.75) is 83.9 Å². The quantitative estimate of drug-likeness (QED) is 0.731. The van der Waals surface area contributed by atoms with Crippen LogP contribution in [0.2, 0.25) is 0 Å². The van der Waals surface area contributed by atoms with Gasteiger partial charge in [0.1, 0.15) is 12.1 Å². The Morgan fingerprint density at radius 2 is 2.03 bits per heavy atom. The summed E-state index contributed by atoms with van der Waals surface area (Å²) < 4.78 is 1.57. The Balaban J connectivity index is 1.86. The Morgan fingerprint density at radius 3 is 2.61 bits per heavy atom. The highest BCUT2D eigenvalue weighted by molar-refractivity contribution is 5.90. The molecule has 2 heterocycles. The fourth-order valence-corrected chi connectivity index (χ4v) is 4.93. The molecule has 2 aliphatic rings. The summed E-state index contributed by atoms with van der Waals surface area (Å²) in [7, 11) is 1.52. The van der Waals surface area contributed by atoms with Crippen LogP contribution in [-0.2, 0) is 16.0 Å². The van der Waals surface area contributed by atoms with Gasteiger partial charge in [0.2, 0.25) is 11.8 Å². The van der Waals surface area contributed by atoms with Crippen molar-refractivity contribution in [2.75, 3.05) is 13.6 Å². The molecule has 3 atom stereocenters. The lowest BCUT2D eigenvalue weighted by Gasteiger charge is -2.34. The number of nitrogens with zero attached hydrogens (tertiary/aromatic N) is 5. The molecule has 1 aliphatic heterocycles. The first kappa shape index (κ1) is 23.2. The Hall–Kier alpha value is -2.47. The van der Waals surface area contributed by atoms with Gasteiger partial charge in [-0.1, -0.05) is 45.2 Å². The molecule has 1 aliphatic carbocycles.